The molecular weight excluding hydrogens is 252 g/mol. The summed E-state index contributed by atoms with van der Waals surface area (Å²) in [4.78, 5) is 23.5. The van der Waals surface area contributed by atoms with Crippen LogP contribution in [0.15, 0.2) is 11.6 Å². The van der Waals surface area contributed by atoms with Crippen LogP contribution < -0.4 is 0 Å². The lowest BCUT2D eigenvalue weighted by Gasteiger charge is -2.24. The molecule has 3 unspecified atom stereocenters. The molecule has 0 rings (SSSR count). The predicted octanol–water partition coefficient (Wildman–Crippen LogP) is 4.31. The van der Waals surface area contributed by atoms with Crippen molar-refractivity contribution < 1.29 is 14.3 Å². The second kappa shape index (κ2) is 9.73. The fraction of sp³-hybridized carbons (Fsp3) is 0.765. The Morgan fingerprint density at radius 3 is 2.15 bits per heavy atom. The Morgan fingerprint density at radius 1 is 1.10 bits per heavy atom. The molecule has 0 aliphatic carbocycles. The molecule has 0 fully saturated rings. The molecule has 0 saturated carbocycles. The van der Waals surface area contributed by atoms with Crippen LogP contribution >= 0.6 is 0 Å². The second-order valence-electron chi connectivity index (χ2n) is 5.55. The van der Waals surface area contributed by atoms with Crippen molar-refractivity contribution in [1.29, 1.82) is 0 Å². The fourth-order valence-corrected chi connectivity index (χ4v) is 2.39. The minimum absolute atomic E-state index is 0.134. The molecule has 0 saturated heterocycles. The molecule has 3 heteroatoms. The summed E-state index contributed by atoms with van der Waals surface area (Å²) >= 11 is 0. The van der Waals surface area contributed by atoms with Crippen molar-refractivity contribution in [2.45, 2.75) is 73.3 Å². The summed E-state index contributed by atoms with van der Waals surface area (Å²) in [7, 11) is 0. The van der Waals surface area contributed by atoms with Crippen LogP contribution in [0.4, 0.5) is 0 Å². The molecule has 3 atom stereocenters. The molecule has 3 nitrogen and oxygen atoms in total. The van der Waals surface area contributed by atoms with Crippen LogP contribution in [0.1, 0.15) is 67.2 Å². The van der Waals surface area contributed by atoms with E-state index >= 15 is 0 Å². The van der Waals surface area contributed by atoms with E-state index in [0.717, 1.165) is 18.4 Å². The van der Waals surface area contributed by atoms with E-state index in [2.05, 4.69) is 19.9 Å². The summed E-state index contributed by atoms with van der Waals surface area (Å²) in [6.07, 6.45) is 4.74. The van der Waals surface area contributed by atoms with Gasteiger partial charge in [-0.1, -0.05) is 47.1 Å². The first-order chi connectivity index (χ1) is 9.37. The largest absolute Gasteiger partial charge is 0.457 e. The zero-order chi connectivity index (χ0) is 15.7. The highest BCUT2D eigenvalue weighted by molar-refractivity contribution is 5.82. The van der Waals surface area contributed by atoms with Gasteiger partial charge < -0.3 is 4.74 Å². The van der Waals surface area contributed by atoms with Crippen molar-refractivity contribution in [3.63, 3.8) is 0 Å². The molecule has 116 valence electrons. The molecule has 0 spiro atoms. The Hall–Kier alpha value is -1.12. The predicted molar refractivity (Wildman–Crippen MR) is 82.5 cm³/mol. The van der Waals surface area contributed by atoms with Crippen LogP contribution in [-0.2, 0) is 14.3 Å². The summed E-state index contributed by atoms with van der Waals surface area (Å²) in [5.41, 5.74) is 0.988. The zero-order valence-corrected chi connectivity index (χ0v) is 13.9. The number of allylic oxidation sites excluding steroid dienone is 1. The lowest BCUT2D eigenvalue weighted by Crippen LogP contribution is -2.31. The van der Waals surface area contributed by atoms with Crippen LogP contribution in [0.25, 0.3) is 0 Å². The van der Waals surface area contributed by atoms with Crippen molar-refractivity contribution in [1.82, 2.24) is 0 Å². The van der Waals surface area contributed by atoms with Crippen molar-refractivity contribution in [3.8, 4) is 0 Å². The highest BCUT2D eigenvalue weighted by Gasteiger charge is 2.27. The Bertz CT molecular complexity index is 344. The molecule has 0 N–H and O–H groups in total. The quantitative estimate of drug-likeness (QED) is 0.467. The topological polar surface area (TPSA) is 43.4 Å². The fourth-order valence-electron chi connectivity index (χ4n) is 2.39. The minimum Gasteiger partial charge on any atom is -0.457 e. The Kier molecular flexibility index (Phi) is 9.19. The van der Waals surface area contributed by atoms with E-state index in [9.17, 15) is 9.59 Å². The first-order valence-electron chi connectivity index (χ1n) is 7.77. The number of ketones is 1. The van der Waals surface area contributed by atoms with Gasteiger partial charge in [0.15, 0.2) is 0 Å². The third-order valence-corrected chi connectivity index (χ3v) is 3.60. The molecule has 0 aliphatic rings. The SMILES string of the molecule is CCCC(C)C=C(C)C(OC(=O)CC)C(C)C(=O)CC. The Balaban J connectivity index is 5.09. The molecule has 20 heavy (non-hydrogen) atoms. The minimum atomic E-state index is -0.422. The molecule has 0 radical (unpaired) electrons. The molecule has 0 aromatic carbocycles. The van der Waals surface area contributed by atoms with Gasteiger partial charge in [-0.3, -0.25) is 9.59 Å². The molecule has 0 amide bonds. The van der Waals surface area contributed by atoms with Gasteiger partial charge in [0.05, 0.1) is 5.92 Å². The van der Waals surface area contributed by atoms with Gasteiger partial charge in [-0.2, -0.15) is 0 Å². The van der Waals surface area contributed by atoms with Gasteiger partial charge in [0.2, 0.25) is 0 Å². The van der Waals surface area contributed by atoms with Crippen LogP contribution in [0, 0.1) is 11.8 Å². The van der Waals surface area contributed by atoms with Gasteiger partial charge in [-0.15, -0.1) is 0 Å². The van der Waals surface area contributed by atoms with E-state index in [1.807, 2.05) is 20.8 Å². The standard InChI is InChI=1S/C17H30O3/c1-7-10-12(4)11-13(5)17(20-16(19)9-3)14(6)15(18)8-2/h11-12,14,17H,7-10H2,1-6H3. The van der Waals surface area contributed by atoms with Gasteiger partial charge in [0.25, 0.3) is 0 Å². The number of ether oxygens (including phenoxy) is 1. The lowest BCUT2D eigenvalue weighted by molar-refractivity contribution is -0.150. The van der Waals surface area contributed by atoms with E-state index in [-0.39, 0.29) is 17.7 Å². The maximum absolute atomic E-state index is 11.9. The van der Waals surface area contributed by atoms with E-state index in [1.165, 1.54) is 0 Å². The van der Waals surface area contributed by atoms with Crippen LogP contribution in [0.5, 0.6) is 0 Å². The lowest BCUT2D eigenvalue weighted by atomic mass is 9.90. The monoisotopic (exact) mass is 282 g/mol. The van der Waals surface area contributed by atoms with E-state index in [4.69, 9.17) is 4.74 Å². The smallest absolute Gasteiger partial charge is 0.306 e. The average molecular weight is 282 g/mol. The average Bonchev–Trinajstić information content (AvgIpc) is 2.42. The maximum atomic E-state index is 11.9. The van der Waals surface area contributed by atoms with Crippen molar-refractivity contribution in [2.75, 3.05) is 0 Å². The third-order valence-electron chi connectivity index (χ3n) is 3.60. The van der Waals surface area contributed by atoms with Crippen LogP contribution in [0.2, 0.25) is 0 Å². The molecule has 0 aromatic rings. The normalized spacial score (nSPS) is 16.4. The van der Waals surface area contributed by atoms with Gasteiger partial charge in [-0.05, 0) is 24.8 Å². The summed E-state index contributed by atoms with van der Waals surface area (Å²) in [5.74, 6) is 0.0452. The number of esters is 1. The van der Waals surface area contributed by atoms with E-state index < -0.39 is 6.10 Å². The number of hydrogen-bond acceptors (Lipinski definition) is 3. The number of carbonyl (C=O) groups excluding carboxylic acids is 2. The summed E-state index contributed by atoms with van der Waals surface area (Å²) < 4.78 is 5.50. The number of hydrogen-bond donors (Lipinski definition) is 0. The Labute approximate surface area is 123 Å². The third kappa shape index (κ3) is 6.36. The molecule has 0 aliphatic heterocycles. The van der Waals surface area contributed by atoms with E-state index in [0.29, 0.717) is 18.8 Å². The summed E-state index contributed by atoms with van der Waals surface area (Å²) in [6, 6.07) is 0. The summed E-state index contributed by atoms with van der Waals surface area (Å²) in [5, 5.41) is 0. The van der Waals surface area contributed by atoms with Crippen LogP contribution in [0.3, 0.4) is 0 Å². The molecule has 0 aromatic heterocycles. The highest BCUT2D eigenvalue weighted by atomic mass is 16.5. The molecular formula is C17H30O3. The first kappa shape index (κ1) is 18.9. The van der Waals surface area contributed by atoms with Gasteiger partial charge in [-0.25, -0.2) is 0 Å². The van der Waals surface area contributed by atoms with Gasteiger partial charge in [0, 0.05) is 12.8 Å². The first-order valence-corrected chi connectivity index (χ1v) is 7.77. The van der Waals surface area contributed by atoms with Gasteiger partial charge in [0.1, 0.15) is 11.9 Å². The number of rotatable bonds is 9. The molecule has 0 heterocycles. The number of carbonyl (C=O) groups is 2. The van der Waals surface area contributed by atoms with Crippen molar-refractivity contribution in [2.24, 2.45) is 11.8 Å². The number of Topliss-reactive ketones (excluding diaryl/α,β-unsaturated/α-hetero) is 1. The van der Waals surface area contributed by atoms with Crippen LogP contribution in [-0.4, -0.2) is 17.9 Å². The second-order valence-corrected chi connectivity index (χ2v) is 5.55. The molecule has 0 bridgehead atoms. The maximum Gasteiger partial charge on any atom is 0.306 e. The van der Waals surface area contributed by atoms with E-state index in [1.54, 1.807) is 6.92 Å². The zero-order valence-electron chi connectivity index (χ0n) is 13.9. The van der Waals surface area contributed by atoms with Crippen molar-refractivity contribution >= 4 is 11.8 Å². The van der Waals surface area contributed by atoms with Gasteiger partial charge >= 0.3 is 5.97 Å². The summed E-state index contributed by atoms with van der Waals surface area (Å²) in [6.45, 7) is 11.7. The highest BCUT2D eigenvalue weighted by Crippen LogP contribution is 2.22. The van der Waals surface area contributed by atoms with Crippen molar-refractivity contribution in [3.05, 3.63) is 11.6 Å². The Morgan fingerprint density at radius 2 is 1.70 bits per heavy atom.